The summed E-state index contributed by atoms with van der Waals surface area (Å²) >= 11 is 13.1. The van der Waals surface area contributed by atoms with Crippen LogP contribution in [0.25, 0.3) is 0 Å². The maximum Gasteiger partial charge on any atom is 0.362 e. The normalized spacial score (nSPS) is 11.7. The minimum Gasteiger partial charge on any atom is -0.464 e. The fourth-order valence-corrected chi connectivity index (χ4v) is 2.64. The van der Waals surface area contributed by atoms with Gasteiger partial charge in [-0.25, -0.2) is 14.8 Å². The molecule has 0 unspecified atom stereocenters. The van der Waals surface area contributed by atoms with Gasteiger partial charge in [0.2, 0.25) is 10.8 Å². The number of methoxy groups -OCH3 is 1. The number of thiazole rings is 1. The van der Waals surface area contributed by atoms with Crippen LogP contribution in [0.2, 0.25) is 10.0 Å². The van der Waals surface area contributed by atoms with Crippen molar-refractivity contribution < 1.29 is 14.4 Å². The van der Waals surface area contributed by atoms with Crippen LogP contribution >= 0.6 is 34.5 Å². The lowest BCUT2D eigenvalue weighted by Crippen LogP contribution is -2.17. The largest absolute Gasteiger partial charge is 0.464 e. The number of aromatic nitrogens is 1. The van der Waals surface area contributed by atoms with Crippen LogP contribution in [0.5, 0.6) is 0 Å². The third kappa shape index (κ3) is 4.51. The van der Waals surface area contributed by atoms with Gasteiger partial charge in [-0.2, -0.15) is 0 Å². The minimum absolute atomic E-state index is 0.0303. The third-order valence-corrected chi connectivity index (χ3v) is 3.88. The van der Waals surface area contributed by atoms with Gasteiger partial charge < -0.3 is 9.57 Å². The van der Waals surface area contributed by atoms with Gasteiger partial charge in [0.15, 0.2) is 0 Å². The van der Waals surface area contributed by atoms with E-state index >= 15 is 0 Å². The van der Waals surface area contributed by atoms with Gasteiger partial charge in [-0.05, 0) is 12.1 Å². The standard InChI is InChI=1S/C14H11Cl2N3O3S/c1-21-13(20)12(19-22-2)11-7-23-14(18-11)17-6-8-3-4-9(15)5-10(8)16/h3-7H,1-2H3/b17-6+,19-12-. The lowest BCUT2D eigenvalue weighted by molar-refractivity contribution is -0.132. The summed E-state index contributed by atoms with van der Waals surface area (Å²) in [6.07, 6.45) is 1.56. The summed E-state index contributed by atoms with van der Waals surface area (Å²) in [5.74, 6) is -0.645. The van der Waals surface area contributed by atoms with E-state index in [-0.39, 0.29) is 5.71 Å². The van der Waals surface area contributed by atoms with Crippen molar-refractivity contribution in [3.8, 4) is 0 Å². The fraction of sp³-hybridized carbons (Fsp3) is 0.143. The molecule has 2 rings (SSSR count). The molecular formula is C14H11Cl2N3O3S. The number of esters is 1. The molecular weight excluding hydrogens is 361 g/mol. The minimum atomic E-state index is -0.645. The summed E-state index contributed by atoms with van der Waals surface area (Å²) in [6.45, 7) is 0. The number of hydrogen-bond acceptors (Lipinski definition) is 7. The zero-order chi connectivity index (χ0) is 16.8. The van der Waals surface area contributed by atoms with Crippen molar-refractivity contribution >= 4 is 57.6 Å². The molecule has 0 atom stereocenters. The number of carbonyl (C=O) groups excluding carboxylic acids is 1. The van der Waals surface area contributed by atoms with E-state index in [0.29, 0.717) is 26.4 Å². The quantitative estimate of drug-likeness (QED) is 0.456. The van der Waals surface area contributed by atoms with Gasteiger partial charge in [0.05, 0.1) is 12.1 Å². The first-order chi connectivity index (χ1) is 11.0. The second-order valence-corrected chi connectivity index (χ2v) is 5.73. The van der Waals surface area contributed by atoms with Crippen molar-refractivity contribution in [2.24, 2.45) is 10.1 Å². The van der Waals surface area contributed by atoms with E-state index in [1.54, 1.807) is 29.8 Å². The summed E-state index contributed by atoms with van der Waals surface area (Å²) in [6, 6.07) is 5.08. The van der Waals surface area contributed by atoms with E-state index in [2.05, 4.69) is 24.7 Å². The number of aliphatic imine (C=N–C) groups is 1. The Morgan fingerprint density at radius 1 is 1.35 bits per heavy atom. The molecule has 1 aromatic carbocycles. The van der Waals surface area contributed by atoms with E-state index in [4.69, 9.17) is 23.2 Å². The summed E-state index contributed by atoms with van der Waals surface area (Å²) < 4.78 is 4.63. The average Bonchev–Trinajstić information content (AvgIpc) is 2.99. The van der Waals surface area contributed by atoms with Gasteiger partial charge in [0, 0.05) is 22.2 Å². The molecule has 0 spiro atoms. The molecule has 0 aliphatic carbocycles. The number of nitrogens with zero attached hydrogens (tertiary/aromatic N) is 3. The number of benzene rings is 1. The Bertz CT molecular complexity index is 774. The Morgan fingerprint density at radius 2 is 2.13 bits per heavy atom. The molecule has 0 amide bonds. The molecule has 23 heavy (non-hydrogen) atoms. The monoisotopic (exact) mass is 371 g/mol. The molecule has 0 saturated heterocycles. The number of ether oxygens (including phenoxy) is 1. The molecule has 120 valence electrons. The molecule has 0 fully saturated rings. The van der Waals surface area contributed by atoms with Crippen molar-refractivity contribution in [3.05, 3.63) is 44.9 Å². The molecule has 0 aliphatic rings. The van der Waals surface area contributed by atoms with Crippen LogP contribution in [0.15, 0.2) is 33.7 Å². The highest BCUT2D eigenvalue weighted by Crippen LogP contribution is 2.22. The van der Waals surface area contributed by atoms with E-state index in [1.165, 1.54) is 25.6 Å². The highest BCUT2D eigenvalue weighted by molar-refractivity contribution is 7.13. The van der Waals surface area contributed by atoms with Crippen LogP contribution in [0.1, 0.15) is 11.3 Å². The Morgan fingerprint density at radius 3 is 2.78 bits per heavy atom. The number of halogens is 2. The fourth-order valence-electron chi connectivity index (χ4n) is 1.54. The van der Waals surface area contributed by atoms with Gasteiger partial charge in [-0.15, -0.1) is 11.3 Å². The Balaban J connectivity index is 2.23. The van der Waals surface area contributed by atoms with Crippen LogP contribution in [0.4, 0.5) is 5.13 Å². The van der Waals surface area contributed by atoms with E-state index in [9.17, 15) is 4.79 Å². The zero-order valence-electron chi connectivity index (χ0n) is 12.1. The lowest BCUT2D eigenvalue weighted by atomic mass is 10.2. The number of hydrogen-bond donors (Lipinski definition) is 0. The molecule has 0 radical (unpaired) electrons. The van der Waals surface area contributed by atoms with Gasteiger partial charge in [-0.3, -0.25) is 0 Å². The Kier molecular flexibility index (Phi) is 6.09. The van der Waals surface area contributed by atoms with E-state index < -0.39 is 5.97 Å². The first kappa shape index (κ1) is 17.4. The first-order valence-corrected chi connectivity index (χ1v) is 7.83. The lowest BCUT2D eigenvalue weighted by Gasteiger charge is -1.99. The maximum atomic E-state index is 11.6. The van der Waals surface area contributed by atoms with Crippen LogP contribution in [0.3, 0.4) is 0 Å². The molecule has 0 bridgehead atoms. The summed E-state index contributed by atoms with van der Waals surface area (Å²) in [5.41, 5.74) is 0.988. The highest BCUT2D eigenvalue weighted by atomic mass is 35.5. The van der Waals surface area contributed by atoms with Crippen LogP contribution < -0.4 is 0 Å². The second-order valence-electron chi connectivity index (χ2n) is 4.05. The predicted molar refractivity (Wildman–Crippen MR) is 91.4 cm³/mol. The van der Waals surface area contributed by atoms with Crippen molar-refractivity contribution in [3.63, 3.8) is 0 Å². The van der Waals surface area contributed by atoms with Gasteiger partial charge in [0.25, 0.3) is 0 Å². The van der Waals surface area contributed by atoms with Crippen molar-refractivity contribution in [1.82, 2.24) is 4.98 Å². The predicted octanol–water partition coefficient (Wildman–Crippen LogP) is 3.72. The molecule has 0 aliphatic heterocycles. The molecule has 0 saturated carbocycles. The van der Waals surface area contributed by atoms with E-state index in [1.807, 2.05) is 0 Å². The van der Waals surface area contributed by atoms with Gasteiger partial charge in [0.1, 0.15) is 12.8 Å². The second kappa shape index (κ2) is 8.05. The zero-order valence-corrected chi connectivity index (χ0v) is 14.4. The van der Waals surface area contributed by atoms with Crippen LogP contribution in [-0.4, -0.2) is 37.1 Å². The summed E-state index contributed by atoms with van der Waals surface area (Å²) in [7, 11) is 2.58. The molecule has 1 aromatic heterocycles. The van der Waals surface area contributed by atoms with Crippen molar-refractivity contribution in [2.45, 2.75) is 0 Å². The number of rotatable bonds is 5. The molecule has 2 aromatic rings. The third-order valence-electron chi connectivity index (χ3n) is 2.57. The number of oxime groups is 1. The van der Waals surface area contributed by atoms with Gasteiger partial charge >= 0.3 is 5.97 Å². The Hall–Kier alpha value is -1.96. The molecule has 6 nitrogen and oxygen atoms in total. The van der Waals surface area contributed by atoms with Gasteiger partial charge in [-0.1, -0.05) is 34.4 Å². The highest BCUT2D eigenvalue weighted by Gasteiger charge is 2.19. The van der Waals surface area contributed by atoms with E-state index in [0.717, 1.165) is 0 Å². The Labute approximate surface area is 146 Å². The van der Waals surface area contributed by atoms with Crippen molar-refractivity contribution in [1.29, 1.82) is 0 Å². The van der Waals surface area contributed by atoms with Crippen molar-refractivity contribution in [2.75, 3.05) is 14.2 Å². The first-order valence-electron chi connectivity index (χ1n) is 6.19. The number of carbonyl (C=O) groups is 1. The maximum absolute atomic E-state index is 11.6. The molecule has 0 N–H and O–H groups in total. The van der Waals surface area contributed by atoms with Crippen LogP contribution in [-0.2, 0) is 14.4 Å². The SMILES string of the molecule is CO/N=C(\C(=O)OC)c1csc(/N=C/c2ccc(Cl)cc2Cl)n1. The summed E-state index contributed by atoms with van der Waals surface area (Å²) in [4.78, 5) is 24.7. The van der Waals surface area contributed by atoms with Crippen LogP contribution in [0, 0.1) is 0 Å². The average molecular weight is 372 g/mol. The molecule has 1 heterocycles. The summed E-state index contributed by atoms with van der Waals surface area (Å²) in [5, 5.41) is 6.70. The topological polar surface area (TPSA) is 73.1 Å². The smallest absolute Gasteiger partial charge is 0.362 e. The molecule has 9 heteroatoms.